The van der Waals surface area contributed by atoms with Gasteiger partial charge in [0.1, 0.15) is 11.6 Å². The van der Waals surface area contributed by atoms with Gasteiger partial charge in [-0.1, -0.05) is 0 Å². The van der Waals surface area contributed by atoms with Crippen LogP contribution in [0.4, 0.5) is 8.78 Å². The lowest BCUT2D eigenvalue weighted by Crippen LogP contribution is -2.28. The summed E-state index contributed by atoms with van der Waals surface area (Å²) in [4.78, 5) is 20.7. The van der Waals surface area contributed by atoms with E-state index in [1.807, 2.05) is 5.32 Å². The molecule has 1 amide bonds. The summed E-state index contributed by atoms with van der Waals surface area (Å²) in [6, 6.07) is 0.800. The largest absolute Gasteiger partial charge is 0.479 e. The van der Waals surface area contributed by atoms with Crippen LogP contribution < -0.4 is 5.32 Å². The molecule has 1 unspecified atom stereocenters. The first-order chi connectivity index (χ1) is 7.06. The van der Waals surface area contributed by atoms with Crippen LogP contribution >= 0.6 is 0 Å². The number of carboxylic acids is 1. The SMILES string of the molecule is O=CNC(C(=O)O)c1cc(F)ccc1F. The molecule has 0 aliphatic heterocycles. The van der Waals surface area contributed by atoms with Gasteiger partial charge in [0.15, 0.2) is 6.04 Å². The highest BCUT2D eigenvalue weighted by atomic mass is 19.1. The molecule has 0 spiro atoms. The second-order valence-corrected chi connectivity index (χ2v) is 2.72. The minimum atomic E-state index is -1.59. The Morgan fingerprint density at radius 3 is 2.67 bits per heavy atom. The summed E-state index contributed by atoms with van der Waals surface area (Å²) >= 11 is 0. The standard InChI is InChI=1S/C9H7F2NO3/c10-5-1-2-7(11)6(3-5)8(9(14)15)12-4-13/h1-4,8H,(H,12,13)(H,14,15). The number of hydrogen-bond donors (Lipinski definition) is 2. The maximum absolute atomic E-state index is 13.1. The average Bonchev–Trinajstić information content (AvgIpc) is 2.18. The molecule has 0 saturated carbocycles. The van der Waals surface area contributed by atoms with Gasteiger partial charge in [-0.05, 0) is 18.2 Å². The van der Waals surface area contributed by atoms with Crippen molar-refractivity contribution in [1.29, 1.82) is 0 Å². The Balaban J connectivity index is 3.15. The van der Waals surface area contributed by atoms with Crippen LogP contribution in [-0.4, -0.2) is 17.5 Å². The molecule has 0 aromatic heterocycles. The number of carbonyl (C=O) groups is 2. The minimum Gasteiger partial charge on any atom is -0.479 e. The Labute approximate surface area is 83.5 Å². The predicted molar refractivity (Wildman–Crippen MR) is 45.9 cm³/mol. The molecule has 0 saturated heterocycles. The summed E-state index contributed by atoms with van der Waals surface area (Å²) in [6.45, 7) is 0. The van der Waals surface area contributed by atoms with Gasteiger partial charge in [0.05, 0.1) is 0 Å². The highest BCUT2D eigenvalue weighted by Crippen LogP contribution is 2.18. The van der Waals surface area contributed by atoms with Crippen molar-refractivity contribution >= 4 is 12.4 Å². The summed E-state index contributed by atoms with van der Waals surface area (Å²) in [5, 5.41) is 10.5. The molecule has 0 fully saturated rings. The number of aliphatic carboxylic acids is 1. The summed E-state index contributed by atoms with van der Waals surface area (Å²) in [6.07, 6.45) is 0.114. The topological polar surface area (TPSA) is 66.4 Å². The maximum Gasteiger partial charge on any atom is 0.331 e. The van der Waals surface area contributed by atoms with Gasteiger partial charge in [-0.3, -0.25) is 4.79 Å². The Bertz CT molecular complexity index is 395. The molecule has 0 aliphatic rings. The van der Waals surface area contributed by atoms with E-state index in [-0.39, 0.29) is 6.41 Å². The molecule has 1 aromatic carbocycles. The summed E-state index contributed by atoms with van der Waals surface area (Å²) in [5.41, 5.74) is -0.422. The smallest absolute Gasteiger partial charge is 0.331 e. The number of carboxylic acid groups (broad SMARTS) is 1. The first-order valence-corrected chi connectivity index (χ1v) is 3.93. The van der Waals surface area contributed by atoms with E-state index in [4.69, 9.17) is 5.11 Å². The fraction of sp³-hybridized carbons (Fsp3) is 0.111. The lowest BCUT2D eigenvalue weighted by Gasteiger charge is -2.12. The van der Waals surface area contributed by atoms with Gasteiger partial charge in [0.2, 0.25) is 6.41 Å². The Hall–Kier alpha value is -1.98. The maximum atomic E-state index is 13.1. The zero-order valence-corrected chi connectivity index (χ0v) is 7.41. The number of hydrogen-bond acceptors (Lipinski definition) is 2. The predicted octanol–water partition coefficient (Wildman–Crippen LogP) is 0.837. The molecule has 80 valence electrons. The summed E-state index contributed by atoms with van der Waals surface area (Å²) in [5.74, 6) is -3.13. The van der Waals surface area contributed by atoms with Gasteiger partial charge in [0, 0.05) is 5.56 Å². The van der Waals surface area contributed by atoms with Gasteiger partial charge >= 0.3 is 5.97 Å². The molecule has 6 heteroatoms. The molecule has 1 rings (SSSR count). The van der Waals surface area contributed by atoms with Crippen molar-refractivity contribution in [2.75, 3.05) is 0 Å². The Morgan fingerprint density at radius 1 is 1.47 bits per heavy atom. The third-order valence-electron chi connectivity index (χ3n) is 1.75. The minimum absolute atomic E-state index is 0.114. The van der Waals surface area contributed by atoms with Crippen LogP contribution in [-0.2, 0) is 9.59 Å². The van der Waals surface area contributed by atoms with E-state index in [0.29, 0.717) is 0 Å². The van der Waals surface area contributed by atoms with Crippen LogP contribution in [0.5, 0.6) is 0 Å². The third kappa shape index (κ3) is 2.49. The molecule has 0 bridgehead atoms. The number of halogens is 2. The molecular formula is C9H7F2NO3. The first-order valence-electron chi connectivity index (χ1n) is 3.93. The van der Waals surface area contributed by atoms with E-state index in [2.05, 4.69) is 0 Å². The van der Waals surface area contributed by atoms with Gasteiger partial charge in [-0.15, -0.1) is 0 Å². The van der Waals surface area contributed by atoms with Crippen molar-refractivity contribution < 1.29 is 23.5 Å². The van der Waals surface area contributed by atoms with Crippen LogP contribution in [0.25, 0.3) is 0 Å². The second-order valence-electron chi connectivity index (χ2n) is 2.72. The molecule has 2 N–H and O–H groups in total. The van der Waals surface area contributed by atoms with Crippen LogP contribution in [0.1, 0.15) is 11.6 Å². The van der Waals surface area contributed by atoms with Crippen molar-refractivity contribution in [3.8, 4) is 0 Å². The Morgan fingerprint density at radius 2 is 2.13 bits per heavy atom. The fourth-order valence-corrected chi connectivity index (χ4v) is 1.10. The van der Waals surface area contributed by atoms with Crippen LogP contribution in [0.3, 0.4) is 0 Å². The third-order valence-corrected chi connectivity index (χ3v) is 1.75. The van der Waals surface area contributed by atoms with E-state index in [9.17, 15) is 18.4 Å². The molecule has 4 nitrogen and oxygen atoms in total. The normalized spacial score (nSPS) is 11.9. The van der Waals surface area contributed by atoms with Crippen molar-refractivity contribution in [2.45, 2.75) is 6.04 Å². The molecular weight excluding hydrogens is 208 g/mol. The van der Waals surface area contributed by atoms with Crippen molar-refractivity contribution in [3.05, 3.63) is 35.4 Å². The zero-order chi connectivity index (χ0) is 11.4. The van der Waals surface area contributed by atoms with E-state index in [1.54, 1.807) is 0 Å². The van der Waals surface area contributed by atoms with E-state index < -0.39 is 29.2 Å². The van der Waals surface area contributed by atoms with E-state index in [1.165, 1.54) is 0 Å². The van der Waals surface area contributed by atoms with Gasteiger partial charge in [0.25, 0.3) is 0 Å². The molecule has 1 aromatic rings. The molecule has 1 atom stereocenters. The lowest BCUT2D eigenvalue weighted by atomic mass is 10.1. The molecule has 0 aliphatic carbocycles. The highest BCUT2D eigenvalue weighted by molar-refractivity contribution is 5.78. The summed E-state index contributed by atoms with van der Waals surface area (Å²) < 4.78 is 25.9. The van der Waals surface area contributed by atoms with Crippen molar-refractivity contribution in [2.24, 2.45) is 0 Å². The van der Waals surface area contributed by atoms with Crippen LogP contribution in [0.15, 0.2) is 18.2 Å². The lowest BCUT2D eigenvalue weighted by molar-refractivity contribution is -0.140. The summed E-state index contributed by atoms with van der Waals surface area (Å²) in [7, 11) is 0. The van der Waals surface area contributed by atoms with Crippen molar-refractivity contribution in [1.82, 2.24) is 5.32 Å². The van der Waals surface area contributed by atoms with Gasteiger partial charge in [-0.2, -0.15) is 0 Å². The first kappa shape index (κ1) is 11.1. The van der Waals surface area contributed by atoms with Gasteiger partial charge < -0.3 is 10.4 Å². The van der Waals surface area contributed by atoms with E-state index in [0.717, 1.165) is 18.2 Å². The van der Waals surface area contributed by atoms with Crippen molar-refractivity contribution in [3.63, 3.8) is 0 Å². The zero-order valence-electron chi connectivity index (χ0n) is 7.41. The Kier molecular flexibility index (Phi) is 3.33. The second kappa shape index (κ2) is 4.50. The van der Waals surface area contributed by atoms with E-state index >= 15 is 0 Å². The fourth-order valence-electron chi connectivity index (χ4n) is 1.10. The number of rotatable bonds is 4. The van der Waals surface area contributed by atoms with Crippen LogP contribution in [0.2, 0.25) is 0 Å². The number of benzene rings is 1. The number of nitrogens with one attached hydrogen (secondary N) is 1. The number of amides is 1. The quantitative estimate of drug-likeness (QED) is 0.731. The molecule has 15 heavy (non-hydrogen) atoms. The molecule has 0 radical (unpaired) electrons. The number of carbonyl (C=O) groups excluding carboxylic acids is 1. The monoisotopic (exact) mass is 215 g/mol. The van der Waals surface area contributed by atoms with Crippen LogP contribution in [0, 0.1) is 11.6 Å². The molecule has 0 heterocycles. The highest BCUT2D eigenvalue weighted by Gasteiger charge is 2.22. The average molecular weight is 215 g/mol. The van der Waals surface area contributed by atoms with Gasteiger partial charge in [-0.25, -0.2) is 13.6 Å².